The summed E-state index contributed by atoms with van der Waals surface area (Å²) < 4.78 is 7.91. The summed E-state index contributed by atoms with van der Waals surface area (Å²) in [6, 6.07) is 19.6. The molecule has 1 saturated heterocycles. The molecule has 0 saturated carbocycles. The van der Waals surface area contributed by atoms with Gasteiger partial charge in [0.2, 0.25) is 5.88 Å². The van der Waals surface area contributed by atoms with Gasteiger partial charge < -0.3 is 20.3 Å². The number of para-hydroxylation sites is 1. The summed E-state index contributed by atoms with van der Waals surface area (Å²) in [5.74, 6) is 2.36. The fourth-order valence-electron chi connectivity index (χ4n) is 5.12. The number of aryl methyl sites for hydroxylation is 1. The van der Waals surface area contributed by atoms with Gasteiger partial charge in [0, 0.05) is 42.2 Å². The number of nitrogens with zero attached hydrogens (tertiary/aromatic N) is 5. The Balaban J connectivity index is 1.21. The van der Waals surface area contributed by atoms with Gasteiger partial charge in [-0.15, -0.1) is 0 Å². The molecular formula is C33H42N8O2. The largest absolute Gasteiger partial charge is 0.438 e. The van der Waals surface area contributed by atoms with Gasteiger partial charge in [-0.2, -0.15) is 5.10 Å². The molecule has 4 aromatic rings. The molecule has 1 unspecified atom stereocenters. The molecule has 10 nitrogen and oxygen atoms in total. The maximum Gasteiger partial charge on any atom is 0.320 e. The standard InChI is InChI=1S/C33H42N8O2/c1-23-12-14-26(15-13-23)41-30(19-28(39-41)33(2,3)4)38-32(42)35-21-24-9-6-7-11-27(24)43-31-20-29(36-22-37-31)34-17-16-25-10-8-18-40(25)5/h6-7,9,11-15,19-20,22,25H,8,10,16-18,21H2,1-5H3,(H,34,36,37)(H2,35,38,42). The number of hydrogen-bond donors (Lipinski definition) is 3. The third kappa shape index (κ3) is 7.90. The van der Waals surface area contributed by atoms with E-state index in [0.29, 0.717) is 23.5 Å². The number of ether oxygens (including phenoxy) is 1. The van der Waals surface area contributed by atoms with Crippen molar-refractivity contribution in [1.29, 1.82) is 0 Å². The van der Waals surface area contributed by atoms with Crippen molar-refractivity contribution in [3.05, 3.63) is 83.8 Å². The van der Waals surface area contributed by atoms with Crippen LogP contribution in [0.3, 0.4) is 0 Å². The van der Waals surface area contributed by atoms with E-state index < -0.39 is 0 Å². The molecule has 5 rings (SSSR count). The number of carbonyl (C=O) groups is 1. The molecule has 1 aliphatic rings. The summed E-state index contributed by atoms with van der Waals surface area (Å²) in [5.41, 5.74) is 3.55. The summed E-state index contributed by atoms with van der Waals surface area (Å²) >= 11 is 0. The van der Waals surface area contributed by atoms with Crippen LogP contribution in [0.4, 0.5) is 16.4 Å². The first-order valence-corrected chi connectivity index (χ1v) is 14.9. The lowest BCUT2D eigenvalue weighted by atomic mass is 9.92. The zero-order valence-electron chi connectivity index (χ0n) is 25.7. The second kappa shape index (κ2) is 13.2. The molecule has 2 aromatic carbocycles. The van der Waals surface area contributed by atoms with Crippen molar-refractivity contribution < 1.29 is 9.53 Å². The Kier molecular flexibility index (Phi) is 9.25. The zero-order chi connectivity index (χ0) is 30.4. The number of anilines is 2. The number of nitrogens with one attached hydrogen (secondary N) is 3. The lowest BCUT2D eigenvalue weighted by molar-refractivity contribution is 0.251. The van der Waals surface area contributed by atoms with Gasteiger partial charge in [-0.3, -0.25) is 5.32 Å². The van der Waals surface area contributed by atoms with Gasteiger partial charge in [0.1, 0.15) is 23.7 Å². The van der Waals surface area contributed by atoms with Gasteiger partial charge >= 0.3 is 6.03 Å². The molecule has 0 aliphatic carbocycles. The highest BCUT2D eigenvalue weighted by molar-refractivity contribution is 5.88. The van der Waals surface area contributed by atoms with Gasteiger partial charge in [-0.1, -0.05) is 56.7 Å². The predicted molar refractivity (Wildman–Crippen MR) is 170 cm³/mol. The molecule has 10 heteroatoms. The maximum absolute atomic E-state index is 13.1. The van der Waals surface area contributed by atoms with Crippen LogP contribution in [0.25, 0.3) is 5.69 Å². The molecule has 1 aliphatic heterocycles. The first-order valence-electron chi connectivity index (χ1n) is 14.9. The fourth-order valence-corrected chi connectivity index (χ4v) is 5.12. The topological polar surface area (TPSA) is 109 Å². The Morgan fingerprint density at radius 1 is 1.07 bits per heavy atom. The van der Waals surface area contributed by atoms with E-state index in [9.17, 15) is 4.79 Å². The van der Waals surface area contributed by atoms with E-state index in [2.05, 4.69) is 58.6 Å². The van der Waals surface area contributed by atoms with E-state index >= 15 is 0 Å². The molecule has 0 bridgehead atoms. The van der Waals surface area contributed by atoms with Crippen LogP contribution >= 0.6 is 0 Å². The van der Waals surface area contributed by atoms with Crippen LogP contribution in [0.15, 0.2) is 67.0 Å². The van der Waals surface area contributed by atoms with E-state index in [0.717, 1.165) is 41.3 Å². The molecule has 2 amide bonds. The van der Waals surface area contributed by atoms with Crippen molar-refractivity contribution in [2.45, 2.75) is 65.0 Å². The number of aromatic nitrogens is 4. The number of carbonyl (C=O) groups excluding carboxylic acids is 1. The monoisotopic (exact) mass is 582 g/mol. The van der Waals surface area contributed by atoms with Crippen LogP contribution in [0.1, 0.15) is 56.9 Å². The maximum atomic E-state index is 13.1. The van der Waals surface area contributed by atoms with Crippen LogP contribution in [-0.4, -0.2) is 56.9 Å². The molecule has 1 fully saturated rings. The van der Waals surface area contributed by atoms with Crippen LogP contribution < -0.4 is 20.7 Å². The second-order valence-corrected chi connectivity index (χ2v) is 12.2. The molecule has 0 spiro atoms. The number of likely N-dealkylation sites (tertiary alicyclic amines) is 1. The zero-order valence-corrected chi connectivity index (χ0v) is 25.7. The summed E-state index contributed by atoms with van der Waals surface area (Å²) in [6.07, 6.45) is 5.07. The quantitative estimate of drug-likeness (QED) is 0.202. The normalized spacial score (nSPS) is 15.3. The van der Waals surface area contributed by atoms with Crippen LogP contribution in [0, 0.1) is 6.92 Å². The van der Waals surface area contributed by atoms with E-state index in [-0.39, 0.29) is 18.0 Å². The van der Waals surface area contributed by atoms with Crippen molar-refractivity contribution in [1.82, 2.24) is 30.0 Å². The highest BCUT2D eigenvalue weighted by Gasteiger charge is 2.22. The van der Waals surface area contributed by atoms with Gasteiger partial charge in [0.25, 0.3) is 0 Å². The summed E-state index contributed by atoms with van der Waals surface area (Å²) in [6.45, 7) is 10.6. The van der Waals surface area contributed by atoms with E-state index in [1.807, 2.05) is 61.5 Å². The van der Waals surface area contributed by atoms with Crippen molar-refractivity contribution in [3.8, 4) is 17.3 Å². The van der Waals surface area contributed by atoms with Gasteiger partial charge in [0.15, 0.2) is 0 Å². The van der Waals surface area contributed by atoms with Gasteiger partial charge in [-0.05, 0) is 58.0 Å². The first kappa shape index (κ1) is 30.0. The first-order chi connectivity index (χ1) is 20.7. The summed E-state index contributed by atoms with van der Waals surface area (Å²) in [5, 5.41) is 14.1. The van der Waals surface area contributed by atoms with E-state index in [1.54, 1.807) is 10.7 Å². The fraction of sp³-hybridized carbons (Fsp3) is 0.394. The van der Waals surface area contributed by atoms with Gasteiger partial charge in [0.05, 0.1) is 11.4 Å². The number of benzene rings is 2. The average molecular weight is 583 g/mol. The van der Waals surface area contributed by atoms with E-state index in [1.165, 1.54) is 25.7 Å². The Bertz CT molecular complexity index is 1530. The third-order valence-electron chi connectivity index (χ3n) is 7.72. The van der Waals surface area contributed by atoms with E-state index in [4.69, 9.17) is 9.84 Å². The van der Waals surface area contributed by atoms with Gasteiger partial charge in [-0.25, -0.2) is 19.4 Å². The Labute approximate surface area is 253 Å². The predicted octanol–water partition coefficient (Wildman–Crippen LogP) is 6.28. The Morgan fingerprint density at radius 3 is 2.60 bits per heavy atom. The second-order valence-electron chi connectivity index (χ2n) is 12.2. The average Bonchev–Trinajstić information content (AvgIpc) is 3.59. The molecule has 226 valence electrons. The van der Waals surface area contributed by atoms with Crippen molar-refractivity contribution >= 4 is 17.7 Å². The molecule has 1 atom stereocenters. The lowest BCUT2D eigenvalue weighted by Crippen LogP contribution is -2.29. The van der Waals surface area contributed by atoms with Crippen molar-refractivity contribution in [3.63, 3.8) is 0 Å². The molecule has 3 N–H and O–H groups in total. The van der Waals surface area contributed by atoms with Crippen molar-refractivity contribution in [2.75, 3.05) is 30.8 Å². The number of hydrogen-bond acceptors (Lipinski definition) is 7. The highest BCUT2D eigenvalue weighted by Crippen LogP contribution is 2.27. The number of rotatable bonds is 10. The molecule has 43 heavy (non-hydrogen) atoms. The van der Waals surface area contributed by atoms with Crippen LogP contribution in [0.2, 0.25) is 0 Å². The molecular weight excluding hydrogens is 540 g/mol. The molecule has 2 aromatic heterocycles. The van der Waals surface area contributed by atoms with Crippen LogP contribution in [-0.2, 0) is 12.0 Å². The Hall–Kier alpha value is -4.44. The minimum Gasteiger partial charge on any atom is -0.438 e. The van der Waals surface area contributed by atoms with Crippen LogP contribution in [0.5, 0.6) is 11.6 Å². The third-order valence-corrected chi connectivity index (χ3v) is 7.72. The smallest absolute Gasteiger partial charge is 0.320 e. The summed E-state index contributed by atoms with van der Waals surface area (Å²) in [7, 11) is 2.19. The summed E-state index contributed by atoms with van der Waals surface area (Å²) in [4.78, 5) is 24.1. The van der Waals surface area contributed by atoms with Crippen molar-refractivity contribution in [2.24, 2.45) is 0 Å². The molecule has 0 radical (unpaired) electrons. The number of amides is 2. The lowest BCUT2D eigenvalue weighted by Gasteiger charge is -2.19. The Morgan fingerprint density at radius 2 is 1.86 bits per heavy atom. The highest BCUT2D eigenvalue weighted by atomic mass is 16.5. The minimum absolute atomic E-state index is 0.178. The number of urea groups is 1. The SMILES string of the molecule is Cc1ccc(-n2nc(C(C)(C)C)cc2NC(=O)NCc2ccccc2Oc2cc(NCCC3CCCN3C)ncn2)cc1. The minimum atomic E-state index is -0.343. The molecule has 3 heterocycles.